The van der Waals surface area contributed by atoms with E-state index in [-0.39, 0.29) is 52.4 Å². The Balaban J connectivity index is 1.22. The summed E-state index contributed by atoms with van der Waals surface area (Å²) in [5.41, 5.74) is 0.157. The molecular weight excluding hydrogens is 1280 g/mol. The van der Waals surface area contributed by atoms with Crippen molar-refractivity contribution in [3.63, 3.8) is 0 Å². The minimum Gasteiger partial charge on any atom is -0.469 e. The Labute approximate surface area is 567 Å². The molecule has 5 aliphatic heterocycles. The Morgan fingerprint density at radius 2 is 0.776 bits per heavy atom. The fourth-order valence-electron chi connectivity index (χ4n) is 12.2. The van der Waals surface area contributed by atoms with Crippen molar-refractivity contribution in [3.05, 3.63) is 143 Å². The van der Waals surface area contributed by atoms with Crippen LogP contribution in [0, 0.1) is 0 Å². The number of carbonyl (C=O) groups excluding carboxylic acids is 11. The number of nitrogens with zero attached hydrogens (tertiary/aromatic N) is 2. The highest BCUT2D eigenvalue weighted by molar-refractivity contribution is 6.22. The summed E-state index contributed by atoms with van der Waals surface area (Å²) >= 11 is 0. The molecule has 0 aliphatic carbocycles. The third-order valence-corrected chi connectivity index (χ3v) is 16.5. The molecule has 4 aromatic rings. The predicted octanol–water partition coefficient (Wildman–Crippen LogP) is 5.84. The Morgan fingerprint density at radius 3 is 1.21 bits per heavy atom. The maximum absolute atomic E-state index is 15.0. The van der Waals surface area contributed by atoms with Gasteiger partial charge in [0.2, 0.25) is 0 Å². The van der Waals surface area contributed by atoms with Gasteiger partial charge in [0.1, 0.15) is 61.9 Å². The highest BCUT2D eigenvalue weighted by Crippen LogP contribution is 2.41. The van der Waals surface area contributed by atoms with E-state index in [1.165, 1.54) is 55.6 Å². The lowest BCUT2D eigenvalue weighted by Crippen LogP contribution is -2.70. The lowest BCUT2D eigenvalue weighted by molar-refractivity contribution is -0.367. The topological polar surface area (TPSA) is 333 Å². The van der Waals surface area contributed by atoms with Crippen molar-refractivity contribution in [2.45, 2.75) is 192 Å². The predicted molar refractivity (Wildman–Crippen MR) is 334 cm³/mol. The Hall–Kier alpha value is -8.87. The molecule has 5 heterocycles. The van der Waals surface area contributed by atoms with Crippen molar-refractivity contribution in [3.8, 4) is 0 Å². The van der Waals surface area contributed by atoms with Crippen LogP contribution in [0.5, 0.6) is 0 Å². The summed E-state index contributed by atoms with van der Waals surface area (Å²) < 4.78 is 113. The molecule has 526 valence electrons. The second kappa shape index (κ2) is 34.6. The molecule has 28 heteroatoms. The summed E-state index contributed by atoms with van der Waals surface area (Å²) in [5.74, 6) is -9.70. The number of carbonyl (C=O) groups is 11. The summed E-state index contributed by atoms with van der Waals surface area (Å²) in [5, 5.41) is 0. The lowest BCUT2D eigenvalue weighted by atomic mass is 9.93. The fourth-order valence-corrected chi connectivity index (χ4v) is 12.2. The molecule has 17 atom stereocenters. The molecule has 0 aromatic heterocycles. The van der Waals surface area contributed by atoms with Gasteiger partial charge in [0.25, 0.3) is 23.6 Å². The maximum atomic E-state index is 15.0. The van der Waals surface area contributed by atoms with E-state index in [1.807, 2.05) is 0 Å². The molecule has 4 aromatic carbocycles. The number of imide groups is 2. The van der Waals surface area contributed by atoms with E-state index in [9.17, 15) is 45.9 Å². The van der Waals surface area contributed by atoms with Crippen LogP contribution in [-0.4, -0.2) is 201 Å². The molecule has 4 amide bonds. The Kier molecular flexibility index (Phi) is 24.8. The van der Waals surface area contributed by atoms with Crippen molar-refractivity contribution in [1.82, 2.24) is 9.80 Å². The molecule has 28 nitrogen and oxygen atoms in total. The molecule has 0 radical (unpaired) electrons. The standard InChI is InChI=1S/C70H80N2O26/c1-39(73)86-36-52-58(91-41(3)75)60(93-43(5)77)55(71-64(80)47-28-19-20-29-48(47)65(71)81)68(95-52)90-38-51-57(88-34-45-24-14-12-15-25-45)62(63(89-35-46-26-16-13-17-27-46)70(97-51)85-33-23-11-9-8-10-18-32-54(79)84-7)98-69-56(72-66(82)49-30-21-22-31-50(49)67(72)83)61(94-44(6)78)59(92-42(4)76)53(96-69)37-87-40(2)74/h12-17,19-22,24-31,51-53,55-63,68-70H,8-11,18,23,32-38H2,1-7H3/t51-,52-,53-,55-,56-,57-,58-,59-,60-,61-,62+,63+,68-,69+,70?/m1/s1/i34D,35D/t34?,35?,51-,52-,53-,55-,56-,57-,58-,59-,60-,61-,62+,63+,68-,69+,70?. The van der Waals surface area contributed by atoms with Gasteiger partial charge in [0, 0.05) is 54.6 Å². The zero-order valence-corrected chi connectivity index (χ0v) is 55.0. The van der Waals surface area contributed by atoms with Gasteiger partial charge in [-0.05, 0) is 48.2 Å². The zero-order chi connectivity index (χ0) is 71.9. The van der Waals surface area contributed by atoms with Crippen LogP contribution < -0.4 is 0 Å². The van der Waals surface area contributed by atoms with Gasteiger partial charge in [0.15, 0.2) is 43.3 Å². The molecule has 3 saturated heterocycles. The van der Waals surface area contributed by atoms with Gasteiger partial charge in [-0.25, -0.2) is 0 Å². The van der Waals surface area contributed by atoms with Gasteiger partial charge >= 0.3 is 41.8 Å². The van der Waals surface area contributed by atoms with Crippen LogP contribution >= 0.6 is 0 Å². The third-order valence-electron chi connectivity index (χ3n) is 16.5. The van der Waals surface area contributed by atoms with E-state index in [0.717, 1.165) is 52.9 Å². The van der Waals surface area contributed by atoms with Crippen LogP contribution in [-0.2, 0) is 118 Å². The number of hydrogen-bond acceptors (Lipinski definition) is 26. The van der Waals surface area contributed by atoms with Crippen LogP contribution in [0.25, 0.3) is 0 Å². The first kappa shape index (κ1) is 70.4. The summed E-state index contributed by atoms with van der Waals surface area (Å²) in [6.07, 6.45) is -19.7. The number of fused-ring (bicyclic) bond motifs is 2. The molecule has 98 heavy (non-hydrogen) atoms. The molecule has 9 rings (SSSR count). The van der Waals surface area contributed by atoms with E-state index in [2.05, 4.69) is 0 Å². The van der Waals surface area contributed by atoms with Crippen LogP contribution in [0.1, 0.15) is 142 Å². The maximum Gasteiger partial charge on any atom is 0.305 e. The number of amides is 4. The fraction of sp³-hybridized carbons (Fsp3) is 0.500. The first-order valence-electron chi connectivity index (χ1n) is 33.2. The third kappa shape index (κ3) is 18.3. The number of ether oxygens (including phenoxy) is 15. The van der Waals surface area contributed by atoms with Crippen molar-refractivity contribution in [2.24, 2.45) is 0 Å². The van der Waals surface area contributed by atoms with E-state index in [4.69, 9.17) is 71.1 Å². The van der Waals surface area contributed by atoms with E-state index < -0.39 is 184 Å². The summed E-state index contributed by atoms with van der Waals surface area (Å²) in [4.78, 5) is 151. The number of rotatable bonds is 31. The Morgan fingerprint density at radius 1 is 0.398 bits per heavy atom. The minimum atomic E-state index is -2.13. The van der Waals surface area contributed by atoms with Crippen LogP contribution in [0.15, 0.2) is 109 Å². The largest absolute Gasteiger partial charge is 0.469 e. The van der Waals surface area contributed by atoms with E-state index in [1.54, 1.807) is 60.7 Å². The van der Waals surface area contributed by atoms with Crippen molar-refractivity contribution >= 4 is 65.4 Å². The van der Waals surface area contributed by atoms with Crippen molar-refractivity contribution in [2.75, 3.05) is 33.5 Å². The molecule has 0 saturated carbocycles. The summed E-state index contributed by atoms with van der Waals surface area (Å²) in [7, 11) is 1.32. The van der Waals surface area contributed by atoms with E-state index in [0.29, 0.717) is 37.0 Å². The Bertz CT molecular complexity index is 3510. The highest BCUT2D eigenvalue weighted by Gasteiger charge is 2.62. The van der Waals surface area contributed by atoms with Gasteiger partial charge in [-0.1, -0.05) is 111 Å². The number of benzene rings is 4. The van der Waals surface area contributed by atoms with Crippen LogP contribution in [0.4, 0.5) is 0 Å². The SMILES string of the molecule is [2H]C(O[C@H]1[C@H](O[C@@H]2O[C@H](COC(C)=O)[C@@H](OC(C)=O)[C@H](OC(C)=O)[C@H]2N2C(=O)c3ccccc3C2=O)[C@H](OC([2H])c2ccccc2)C(OCCCCCCCCC(=O)OC)O[C@@H]1CO[C@@H]1O[C@H](COC(C)=O)[C@@H](OC(C)=O)[C@H](OC(C)=O)[C@H]1N1C(=O)c2ccccc2C1=O)c1ccccc1. The number of hydrogen-bond donors (Lipinski definition) is 0. The van der Waals surface area contributed by atoms with Crippen LogP contribution in [0.2, 0.25) is 0 Å². The second-order valence-corrected chi connectivity index (χ2v) is 23.6. The van der Waals surface area contributed by atoms with Crippen molar-refractivity contribution in [1.29, 1.82) is 0 Å². The van der Waals surface area contributed by atoms with E-state index >= 15 is 9.59 Å². The zero-order valence-electron chi connectivity index (χ0n) is 57.0. The number of esters is 7. The van der Waals surface area contributed by atoms with Gasteiger partial charge < -0.3 is 71.1 Å². The van der Waals surface area contributed by atoms with Gasteiger partial charge in [0.05, 0.1) is 51.9 Å². The minimum absolute atomic E-state index is 0.0761. The van der Waals surface area contributed by atoms with Crippen LogP contribution in [0.3, 0.4) is 0 Å². The second-order valence-electron chi connectivity index (χ2n) is 23.6. The molecule has 0 bridgehead atoms. The molecule has 3 fully saturated rings. The molecule has 0 N–H and O–H groups in total. The molecule has 0 spiro atoms. The number of unbranched alkanes of at least 4 members (excludes halogenated alkanes) is 5. The first-order valence-corrected chi connectivity index (χ1v) is 32.0. The molecule has 3 unspecified atom stereocenters. The monoisotopic (exact) mass is 1370 g/mol. The number of methoxy groups -OCH3 is 1. The average Bonchev–Trinajstić information content (AvgIpc) is 1.50. The highest BCUT2D eigenvalue weighted by atomic mass is 16.8. The summed E-state index contributed by atoms with van der Waals surface area (Å²) in [6, 6.07) is 24.0. The quantitative estimate of drug-likeness (QED) is 0.0247. The smallest absolute Gasteiger partial charge is 0.305 e. The normalized spacial score (nSPS) is 27.5. The molecule has 5 aliphatic rings. The lowest BCUT2D eigenvalue weighted by Gasteiger charge is -2.51. The van der Waals surface area contributed by atoms with Gasteiger partial charge in [-0.2, -0.15) is 0 Å². The average molecular weight is 1370 g/mol. The molecular formula is C70H80N2O26. The van der Waals surface area contributed by atoms with Gasteiger partial charge in [-0.3, -0.25) is 62.5 Å². The first-order chi connectivity index (χ1) is 47.9. The van der Waals surface area contributed by atoms with Gasteiger partial charge in [-0.15, -0.1) is 0 Å². The summed E-state index contributed by atoms with van der Waals surface area (Å²) in [6.45, 7) is 0.468. The van der Waals surface area contributed by atoms with Crippen molar-refractivity contribution < 1.29 is 127 Å².